The molecule has 0 bridgehead atoms. The van der Waals surface area contributed by atoms with Gasteiger partial charge in [-0.1, -0.05) is 0 Å². The van der Waals surface area contributed by atoms with Crippen molar-refractivity contribution in [2.24, 2.45) is 0 Å². The second kappa shape index (κ2) is 7.88. The standard InChI is InChI=1S/C16H24N2O3/c1-3-20-14-4-6-15(7-5-14)21-12-16(19)17-13-8-10-18(2)11-9-13/h4-7,13H,3,8-12H2,1-2H3,(H,17,19). The van der Waals surface area contributed by atoms with Crippen LogP contribution in [-0.2, 0) is 4.79 Å². The topological polar surface area (TPSA) is 50.8 Å². The van der Waals surface area contributed by atoms with E-state index in [0.29, 0.717) is 12.4 Å². The molecule has 1 fully saturated rings. The highest BCUT2D eigenvalue weighted by atomic mass is 16.5. The molecule has 116 valence electrons. The van der Waals surface area contributed by atoms with E-state index in [9.17, 15) is 4.79 Å². The van der Waals surface area contributed by atoms with E-state index in [1.165, 1.54) is 0 Å². The fraction of sp³-hybridized carbons (Fsp3) is 0.562. The first-order valence-corrected chi connectivity index (χ1v) is 7.51. The quantitative estimate of drug-likeness (QED) is 0.866. The Bertz CT molecular complexity index is 439. The minimum Gasteiger partial charge on any atom is -0.494 e. The Kier molecular flexibility index (Phi) is 5.87. The van der Waals surface area contributed by atoms with Crippen LogP contribution in [0.15, 0.2) is 24.3 Å². The zero-order valence-corrected chi connectivity index (χ0v) is 12.8. The summed E-state index contributed by atoms with van der Waals surface area (Å²) in [6.45, 7) is 4.70. The van der Waals surface area contributed by atoms with Gasteiger partial charge in [0.2, 0.25) is 0 Å². The van der Waals surface area contributed by atoms with E-state index < -0.39 is 0 Å². The zero-order valence-electron chi connectivity index (χ0n) is 12.8. The summed E-state index contributed by atoms with van der Waals surface area (Å²) < 4.78 is 10.8. The Hall–Kier alpha value is -1.75. The van der Waals surface area contributed by atoms with Crippen molar-refractivity contribution in [1.82, 2.24) is 10.2 Å². The summed E-state index contributed by atoms with van der Waals surface area (Å²) in [6, 6.07) is 7.58. The van der Waals surface area contributed by atoms with Gasteiger partial charge in [0.1, 0.15) is 11.5 Å². The van der Waals surface area contributed by atoms with Crippen LogP contribution in [0.1, 0.15) is 19.8 Å². The van der Waals surface area contributed by atoms with Crippen molar-refractivity contribution >= 4 is 5.91 Å². The number of nitrogens with one attached hydrogen (secondary N) is 1. The molecule has 0 spiro atoms. The number of nitrogens with zero attached hydrogens (tertiary/aromatic N) is 1. The largest absolute Gasteiger partial charge is 0.494 e. The van der Waals surface area contributed by atoms with Crippen molar-refractivity contribution in [3.63, 3.8) is 0 Å². The fourth-order valence-electron chi connectivity index (χ4n) is 2.37. The average Bonchev–Trinajstić information content (AvgIpc) is 2.49. The predicted molar refractivity (Wildman–Crippen MR) is 81.8 cm³/mol. The second-order valence-electron chi connectivity index (χ2n) is 5.34. The molecule has 0 radical (unpaired) electrons. The highest BCUT2D eigenvalue weighted by molar-refractivity contribution is 5.77. The SMILES string of the molecule is CCOc1ccc(OCC(=O)NC2CCN(C)CC2)cc1. The molecule has 2 rings (SSSR count). The highest BCUT2D eigenvalue weighted by Crippen LogP contribution is 2.17. The summed E-state index contributed by atoms with van der Waals surface area (Å²) in [4.78, 5) is 14.1. The summed E-state index contributed by atoms with van der Waals surface area (Å²) in [5.74, 6) is 1.43. The Morgan fingerprint density at radius 2 is 1.76 bits per heavy atom. The first-order chi connectivity index (χ1) is 10.2. The van der Waals surface area contributed by atoms with Crippen molar-refractivity contribution in [3.8, 4) is 11.5 Å². The number of likely N-dealkylation sites (tertiary alicyclic amines) is 1. The van der Waals surface area contributed by atoms with Crippen LogP contribution in [0.5, 0.6) is 11.5 Å². The molecule has 0 unspecified atom stereocenters. The van der Waals surface area contributed by atoms with Crippen LogP contribution in [0.25, 0.3) is 0 Å². The lowest BCUT2D eigenvalue weighted by Gasteiger charge is -2.29. The van der Waals surface area contributed by atoms with Gasteiger partial charge in [0.15, 0.2) is 6.61 Å². The highest BCUT2D eigenvalue weighted by Gasteiger charge is 2.18. The number of benzene rings is 1. The van der Waals surface area contributed by atoms with Crippen LogP contribution < -0.4 is 14.8 Å². The molecular weight excluding hydrogens is 268 g/mol. The van der Waals surface area contributed by atoms with Crippen molar-refractivity contribution in [3.05, 3.63) is 24.3 Å². The number of carbonyl (C=O) groups is 1. The van der Waals surface area contributed by atoms with Gasteiger partial charge in [0.25, 0.3) is 5.91 Å². The molecule has 1 amide bonds. The van der Waals surface area contributed by atoms with Gasteiger partial charge in [0, 0.05) is 6.04 Å². The molecule has 1 aliphatic heterocycles. The molecule has 1 N–H and O–H groups in total. The molecule has 1 aromatic carbocycles. The molecule has 5 nitrogen and oxygen atoms in total. The van der Waals surface area contributed by atoms with Crippen LogP contribution in [0.4, 0.5) is 0 Å². The first kappa shape index (κ1) is 15.6. The Morgan fingerprint density at radius 3 is 2.33 bits per heavy atom. The molecular formula is C16H24N2O3. The number of ether oxygens (including phenoxy) is 2. The maximum absolute atomic E-state index is 11.9. The normalized spacial score (nSPS) is 16.5. The van der Waals surface area contributed by atoms with Crippen molar-refractivity contribution in [2.75, 3.05) is 33.4 Å². The van der Waals surface area contributed by atoms with Gasteiger partial charge in [-0.2, -0.15) is 0 Å². The van der Waals surface area contributed by atoms with E-state index in [-0.39, 0.29) is 18.6 Å². The predicted octanol–water partition coefficient (Wildman–Crippen LogP) is 1.67. The number of rotatable bonds is 6. The summed E-state index contributed by atoms with van der Waals surface area (Å²) in [5.41, 5.74) is 0. The lowest BCUT2D eigenvalue weighted by molar-refractivity contribution is -0.124. The summed E-state index contributed by atoms with van der Waals surface area (Å²) in [5, 5.41) is 3.03. The van der Waals surface area contributed by atoms with Gasteiger partial charge in [-0.05, 0) is 64.2 Å². The third-order valence-electron chi connectivity index (χ3n) is 3.59. The Balaban J connectivity index is 1.71. The van der Waals surface area contributed by atoms with Crippen molar-refractivity contribution in [2.45, 2.75) is 25.8 Å². The molecule has 5 heteroatoms. The van der Waals surface area contributed by atoms with Crippen LogP contribution in [0, 0.1) is 0 Å². The molecule has 21 heavy (non-hydrogen) atoms. The molecule has 1 saturated heterocycles. The molecule has 0 saturated carbocycles. The summed E-state index contributed by atoms with van der Waals surface area (Å²) in [7, 11) is 2.10. The van der Waals surface area contributed by atoms with Crippen molar-refractivity contribution < 1.29 is 14.3 Å². The Labute approximate surface area is 126 Å². The van der Waals surface area contributed by atoms with E-state index in [4.69, 9.17) is 9.47 Å². The smallest absolute Gasteiger partial charge is 0.258 e. The number of piperidine rings is 1. The maximum Gasteiger partial charge on any atom is 0.258 e. The van der Waals surface area contributed by atoms with Crippen LogP contribution in [0.2, 0.25) is 0 Å². The molecule has 1 heterocycles. The minimum absolute atomic E-state index is 0.0559. The lowest BCUT2D eigenvalue weighted by atomic mass is 10.1. The van der Waals surface area contributed by atoms with Gasteiger partial charge < -0.3 is 19.7 Å². The number of hydrogen-bond acceptors (Lipinski definition) is 4. The molecule has 1 aromatic rings. The van der Waals surface area contributed by atoms with Gasteiger partial charge in [0.05, 0.1) is 6.61 Å². The summed E-state index contributed by atoms with van der Waals surface area (Å²) in [6.07, 6.45) is 2.01. The third kappa shape index (κ3) is 5.27. The third-order valence-corrected chi connectivity index (χ3v) is 3.59. The van der Waals surface area contributed by atoms with Gasteiger partial charge in [-0.25, -0.2) is 0 Å². The molecule has 1 aliphatic rings. The zero-order chi connectivity index (χ0) is 15.1. The van der Waals surface area contributed by atoms with Crippen LogP contribution in [0.3, 0.4) is 0 Å². The monoisotopic (exact) mass is 292 g/mol. The fourth-order valence-corrected chi connectivity index (χ4v) is 2.37. The maximum atomic E-state index is 11.9. The molecule has 0 aromatic heterocycles. The second-order valence-corrected chi connectivity index (χ2v) is 5.34. The van der Waals surface area contributed by atoms with E-state index in [1.807, 2.05) is 31.2 Å². The lowest BCUT2D eigenvalue weighted by Crippen LogP contribution is -2.44. The van der Waals surface area contributed by atoms with Gasteiger partial charge >= 0.3 is 0 Å². The van der Waals surface area contributed by atoms with Crippen LogP contribution >= 0.6 is 0 Å². The molecule has 0 atom stereocenters. The van der Waals surface area contributed by atoms with E-state index in [0.717, 1.165) is 31.7 Å². The summed E-state index contributed by atoms with van der Waals surface area (Å²) >= 11 is 0. The van der Waals surface area contributed by atoms with Crippen LogP contribution in [-0.4, -0.2) is 50.2 Å². The van der Waals surface area contributed by atoms with Crippen molar-refractivity contribution in [1.29, 1.82) is 0 Å². The minimum atomic E-state index is -0.0570. The number of hydrogen-bond donors (Lipinski definition) is 1. The average molecular weight is 292 g/mol. The van der Waals surface area contributed by atoms with E-state index in [1.54, 1.807) is 0 Å². The number of carbonyl (C=O) groups excluding carboxylic acids is 1. The first-order valence-electron chi connectivity index (χ1n) is 7.51. The van der Waals surface area contributed by atoms with Gasteiger partial charge in [-0.15, -0.1) is 0 Å². The van der Waals surface area contributed by atoms with E-state index in [2.05, 4.69) is 17.3 Å². The van der Waals surface area contributed by atoms with E-state index >= 15 is 0 Å². The number of amides is 1. The Morgan fingerprint density at radius 1 is 1.19 bits per heavy atom. The molecule has 0 aliphatic carbocycles. The van der Waals surface area contributed by atoms with Gasteiger partial charge in [-0.3, -0.25) is 4.79 Å².